The van der Waals surface area contributed by atoms with Crippen molar-refractivity contribution in [2.24, 2.45) is 0 Å². The number of nitriles is 1. The first-order valence-corrected chi connectivity index (χ1v) is 5.19. The van der Waals surface area contributed by atoms with E-state index in [1.165, 1.54) is 0 Å². The first-order chi connectivity index (χ1) is 8.70. The van der Waals surface area contributed by atoms with Gasteiger partial charge in [-0.05, 0) is 19.1 Å². The molecule has 0 aliphatic carbocycles. The highest BCUT2D eigenvalue weighted by Gasteiger charge is 2.10. The predicted molar refractivity (Wildman–Crippen MR) is 65.3 cm³/mol. The van der Waals surface area contributed by atoms with Gasteiger partial charge in [0.05, 0.1) is 5.69 Å². The lowest BCUT2D eigenvalue weighted by atomic mass is 10.3. The monoisotopic (exact) mass is 242 g/mol. The number of aryl methyl sites for hydroxylation is 1. The maximum atomic E-state index is 11.8. The van der Waals surface area contributed by atoms with Gasteiger partial charge in [0.15, 0.2) is 6.19 Å². The molecule has 6 nitrogen and oxygen atoms in total. The quantitative estimate of drug-likeness (QED) is 0.632. The Balaban J connectivity index is 2.35. The van der Waals surface area contributed by atoms with Crippen LogP contribution in [0.1, 0.15) is 5.69 Å². The van der Waals surface area contributed by atoms with Crippen molar-refractivity contribution >= 4 is 5.95 Å². The minimum Gasteiger partial charge on any atom is -0.450 e. The van der Waals surface area contributed by atoms with Crippen molar-refractivity contribution in [3.05, 3.63) is 46.4 Å². The van der Waals surface area contributed by atoms with E-state index in [4.69, 9.17) is 10.00 Å². The van der Waals surface area contributed by atoms with Gasteiger partial charge >= 0.3 is 0 Å². The molecule has 0 fully saturated rings. The molecule has 0 unspecified atom stereocenters. The van der Waals surface area contributed by atoms with Gasteiger partial charge in [0.1, 0.15) is 5.75 Å². The smallest absolute Gasteiger partial charge is 0.295 e. The summed E-state index contributed by atoms with van der Waals surface area (Å²) in [5.41, 5.74) is -0.0375. The van der Waals surface area contributed by atoms with Crippen LogP contribution < -0.4 is 15.6 Å². The van der Waals surface area contributed by atoms with E-state index in [1.54, 1.807) is 37.4 Å². The van der Waals surface area contributed by atoms with E-state index < -0.39 is 5.56 Å². The average Bonchev–Trinajstić information content (AvgIpc) is 2.36. The Bertz CT molecular complexity index is 643. The van der Waals surface area contributed by atoms with Crippen LogP contribution in [0.5, 0.6) is 11.5 Å². The van der Waals surface area contributed by atoms with E-state index in [2.05, 4.69) is 15.3 Å². The summed E-state index contributed by atoms with van der Waals surface area (Å²) in [6, 6.07) is 8.93. The number of nitrogens with zero attached hydrogens (tertiary/aromatic N) is 2. The molecule has 0 spiro atoms. The molecule has 1 aromatic carbocycles. The minimum atomic E-state index is -0.441. The van der Waals surface area contributed by atoms with Crippen molar-refractivity contribution < 1.29 is 4.74 Å². The summed E-state index contributed by atoms with van der Waals surface area (Å²) < 4.78 is 5.46. The van der Waals surface area contributed by atoms with Crippen LogP contribution in [0.3, 0.4) is 0 Å². The summed E-state index contributed by atoms with van der Waals surface area (Å²) in [7, 11) is 0. The van der Waals surface area contributed by atoms with Gasteiger partial charge in [0.2, 0.25) is 11.7 Å². The molecule has 0 saturated heterocycles. The number of hydrogen-bond donors (Lipinski definition) is 2. The molecular formula is C12H10N4O2. The number of nitrogens with one attached hydrogen (secondary N) is 2. The highest BCUT2D eigenvalue weighted by atomic mass is 16.5. The number of benzene rings is 1. The van der Waals surface area contributed by atoms with Gasteiger partial charge in [-0.2, -0.15) is 5.26 Å². The molecule has 2 N–H and O–H groups in total. The summed E-state index contributed by atoms with van der Waals surface area (Å²) >= 11 is 0. The first-order valence-electron chi connectivity index (χ1n) is 5.19. The highest BCUT2D eigenvalue weighted by Crippen LogP contribution is 2.19. The Labute approximate surface area is 103 Å². The van der Waals surface area contributed by atoms with E-state index in [9.17, 15) is 4.79 Å². The number of H-pyrrole nitrogens is 1. The van der Waals surface area contributed by atoms with Gasteiger partial charge in [-0.15, -0.1) is 0 Å². The third-order valence-corrected chi connectivity index (χ3v) is 2.18. The molecule has 18 heavy (non-hydrogen) atoms. The van der Waals surface area contributed by atoms with Gasteiger partial charge in [0, 0.05) is 0 Å². The Morgan fingerprint density at radius 2 is 2.11 bits per heavy atom. The first kappa shape index (κ1) is 11.7. The SMILES string of the molecule is Cc1nc(NC#N)[nH]c(=O)c1Oc1ccccc1. The largest absolute Gasteiger partial charge is 0.450 e. The molecule has 0 radical (unpaired) electrons. The maximum absolute atomic E-state index is 11.8. The van der Waals surface area contributed by atoms with E-state index in [0.29, 0.717) is 11.4 Å². The molecule has 0 amide bonds. The zero-order valence-corrected chi connectivity index (χ0v) is 9.60. The number of rotatable bonds is 3. The van der Waals surface area contributed by atoms with E-state index in [0.717, 1.165) is 0 Å². The molecule has 0 atom stereocenters. The van der Waals surface area contributed by atoms with E-state index in [-0.39, 0.29) is 11.7 Å². The van der Waals surface area contributed by atoms with Crippen molar-refractivity contribution in [2.75, 3.05) is 5.32 Å². The Morgan fingerprint density at radius 1 is 1.39 bits per heavy atom. The maximum Gasteiger partial charge on any atom is 0.295 e. The summed E-state index contributed by atoms with van der Waals surface area (Å²) in [5.74, 6) is 0.763. The summed E-state index contributed by atoms with van der Waals surface area (Å²) in [5, 5.41) is 10.7. The molecule has 1 heterocycles. The predicted octanol–water partition coefficient (Wildman–Crippen LogP) is 1.76. The molecule has 0 saturated carbocycles. The zero-order chi connectivity index (χ0) is 13.0. The number of aromatic amines is 1. The van der Waals surface area contributed by atoms with Gasteiger partial charge in [0.25, 0.3) is 5.56 Å². The van der Waals surface area contributed by atoms with Crippen LogP contribution in [0.25, 0.3) is 0 Å². The fraction of sp³-hybridized carbons (Fsp3) is 0.0833. The van der Waals surface area contributed by atoms with Crippen molar-refractivity contribution in [1.82, 2.24) is 9.97 Å². The topological polar surface area (TPSA) is 90.8 Å². The third-order valence-electron chi connectivity index (χ3n) is 2.18. The second-order valence-electron chi connectivity index (χ2n) is 3.48. The molecule has 6 heteroatoms. The number of hydrogen-bond acceptors (Lipinski definition) is 5. The molecule has 1 aromatic heterocycles. The molecule has 0 aliphatic rings. The minimum absolute atomic E-state index is 0.0976. The summed E-state index contributed by atoms with van der Waals surface area (Å²) in [4.78, 5) is 18.2. The average molecular weight is 242 g/mol. The number of ether oxygens (including phenoxy) is 1. The molecule has 2 aromatic rings. The van der Waals surface area contributed by atoms with Gasteiger partial charge in [-0.1, -0.05) is 18.2 Å². The molecule has 90 valence electrons. The van der Waals surface area contributed by atoms with Gasteiger partial charge in [-0.3, -0.25) is 15.1 Å². The van der Waals surface area contributed by atoms with Crippen LogP contribution in [-0.2, 0) is 0 Å². The van der Waals surface area contributed by atoms with Crippen LogP contribution in [-0.4, -0.2) is 9.97 Å². The van der Waals surface area contributed by atoms with Crippen molar-refractivity contribution in [3.63, 3.8) is 0 Å². The molecule has 0 bridgehead atoms. The lowest BCUT2D eigenvalue weighted by Gasteiger charge is -2.07. The van der Waals surface area contributed by atoms with Crippen LogP contribution in [0.2, 0.25) is 0 Å². The Kier molecular flexibility index (Phi) is 3.25. The van der Waals surface area contributed by atoms with Crippen molar-refractivity contribution in [1.29, 1.82) is 5.26 Å². The van der Waals surface area contributed by atoms with E-state index in [1.807, 2.05) is 6.07 Å². The highest BCUT2D eigenvalue weighted by molar-refractivity contribution is 5.38. The van der Waals surface area contributed by atoms with Crippen LogP contribution in [0.4, 0.5) is 5.95 Å². The van der Waals surface area contributed by atoms with Crippen LogP contribution >= 0.6 is 0 Å². The summed E-state index contributed by atoms with van der Waals surface area (Å²) in [6.45, 7) is 1.63. The van der Waals surface area contributed by atoms with Gasteiger partial charge < -0.3 is 4.74 Å². The Morgan fingerprint density at radius 3 is 2.72 bits per heavy atom. The fourth-order valence-corrected chi connectivity index (χ4v) is 1.41. The number of anilines is 1. The van der Waals surface area contributed by atoms with E-state index >= 15 is 0 Å². The summed E-state index contributed by atoms with van der Waals surface area (Å²) in [6.07, 6.45) is 1.68. The van der Waals surface area contributed by atoms with Crippen molar-refractivity contribution in [2.45, 2.75) is 6.92 Å². The van der Waals surface area contributed by atoms with Crippen molar-refractivity contribution in [3.8, 4) is 17.7 Å². The van der Waals surface area contributed by atoms with Gasteiger partial charge in [-0.25, -0.2) is 4.98 Å². The molecule has 0 aliphatic heterocycles. The molecule has 2 rings (SSSR count). The number of aromatic nitrogens is 2. The second kappa shape index (κ2) is 5.01. The van der Waals surface area contributed by atoms with Crippen LogP contribution in [0, 0.1) is 18.4 Å². The van der Waals surface area contributed by atoms with Crippen LogP contribution in [0.15, 0.2) is 35.1 Å². The molecular weight excluding hydrogens is 232 g/mol. The zero-order valence-electron chi connectivity index (χ0n) is 9.60. The lowest BCUT2D eigenvalue weighted by Crippen LogP contribution is -2.14. The standard InChI is InChI=1S/C12H10N4O2/c1-8-10(18-9-5-3-2-4-6-9)11(17)16-12(15-8)14-7-13/h2-6H,1H3,(H2,14,15,16,17). The Hall–Kier alpha value is -2.81. The number of para-hydroxylation sites is 1. The lowest BCUT2D eigenvalue weighted by molar-refractivity contribution is 0.467. The second-order valence-corrected chi connectivity index (χ2v) is 3.48. The third kappa shape index (κ3) is 2.47. The normalized spacial score (nSPS) is 9.56. The fourth-order valence-electron chi connectivity index (χ4n) is 1.41.